The minimum absolute atomic E-state index is 0.0370. The van der Waals surface area contributed by atoms with Crippen molar-refractivity contribution >= 4 is 5.78 Å². The standard InChI is InChI=1S/C12H19NO2/c1-3-10-9-4-8(14)6-12(10,13)5-7(2)11(9)15/h3,7,9,11,15H,4-6,13H2,1-2H3/b10-3-/t7-,9-,11-,12-/m0/s1. The number of Topliss-reactive ketones (excluding diaryl/α,β-unsaturated/α-hetero) is 1. The van der Waals surface area contributed by atoms with Gasteiger partial charge < -0.3 is 10.8 Å². The van der Waals surface area contributed by atoms with Gasteiger partial charge in [0.1, 0.15) is 5.78 Å². The van der Waals surface area contributed by atoms with E-state index in [9.17, 15) is 9.90 Å². The molecule has 84 valence electrons. The van der Waals surface area contributed by atoms with Gasteiger partial charge in [0.15, 0.2) is 0 Å². The van der Waals surface area contributed by atoms with E-state index in [-0.39, 0.29) is 17.6 Å². The zero-order chi connectivity index (χ0) is 11.2. The van der Waals surface area contributed by atoms with Crippen molar-refractivity contribution in [3.8, 4) is 0 Å². The van der Waals surface area contributed by atoms with Crippen LogP contribution in [0.4, 0.5) is 0 Å². The van der Waals surface area contributed by atoms with Gasteiger partial charge in [-0.25, -0.2) is 0 Å². The van der Waals surface area contributed by atoms with E-state index in [2.05, 4.69) is 0 Å². The molecule has 2 fully saturated rings. The molecule has 3 heteroatoms. The lowest BCUT2D eigenvalue weighted by atomic mass is 9.59. The van der Waals surface area contributed by atoms with Gasteiger partial charge in [0.25, 0.3) is 0 Å². The summed E-state index contributed by atoms with van der Waals surface area (Å²) in [6.45, 7) is 3.96. The van der Waals surface area contributed by atoms with E-state index in [0.717, 1.165) is 12.0 Å². The number of fused-ring (bicyclic) bond motifs is 2. The highest BCUT2D eigenvalue weighted by Crippen LogP contribution is 2.46. The first-order valence-electron chi connectivity index (χ1n) is 5.63. The number of aliphatic hydroxyl groups excluding tert-OH is 1. The molecule has 3 nitrogen and oxygen atoms in total. The number of rotatable bonds is 0. The van der Waals surface area contributed by atoms with Gasteiger partial charge in [-0.2, -0.15) is 0 Å². The van der Waals surface area contributed by atoms with Crippen molar-refractivity contribution in [3.63, 3.8) is 0 Å². The Morgan fingerprint density at radius 2 is 2.27 bits per heavy atom. The first-order valence-corrected chi connectivity index (χ1v) is 5.63. The summed E-state index contributed by atoms with van der Waals surface area (Å²) in [5, 5.41) is 10.1. The van der Waals surface area contributed by atoms with E-state index in [0.29, 0.717) is 12.8 Å². The summed E-state index contributed by atoms with van der Waals surface area (Å²) in [6.07, 6.45) is 3.21. The molecule has 0 saturated heterocycles. The Morgan fingerprint density at radius 1 is 1.60 bits per heavy atom. The van der Waals surface area contributed by atoms with Crippen LogP contribution in [0.5, 0.6) is 0 Å². The van der Waals surface area contributed by atoms with Gasteiger partial charge in [0.2, 0.25) is 0 Å². The Balaban J connectivity index is 2.41. The molecule has 2 aliphatic rings. The highest BCUT2D eigenvalue weighted by molar-refractivity contribution is 5.83. The number of hydrogen-bond donors (Lipinski definition) is 2. The molecule has 3 N–H and O–H groups in total. The Morgan fingerprint density at radius 3 is 2.87 bits per heavy atom. The lowest BCUT2D eigenvalue weighted by Gasteiger charge is -2.49. The smallest absolute Gasteiger partial charge is 0.135 e. The largest absolute Gasteiger partial charge is 0.392 e. The minimum Gasteiger partial charge on any atom is -0.392 e. The Hall–Kier alpha value is -0.670. The van der Waals surface area contributed by atoms with Gasteiger partial charge in [0.05, 0.1) is 6.10 Å². The quantitative estimate of drug-likeness (QED) is 0.585. The number of aliphatic hydroxyl groups is 1. The highest BCUT2D eigenvalue weighted by Gasteiger charge is 2.50. The summed E-state index contributed by atoms with van der Waals surface area (Å²) in [5.74, 6) is 0.348. The molecule has 0 radical (unpaired) electrons. The lowest BCUT2D eigenvalue weighted by molar-refractivity contribution is -0.126. The molecule has 2 rings (SSSR count). The van der Waals surface area contributed by atoms with E-state index in [4.69, 9.17) is 5.73 Å². The van der Waals surface area contributed by atoms with Crippen molar-refractivity contribution in [1.82, 2.24) is 0 Å². The van der Waals surface area contributed by atoms with E-state index < -0.39 is 11.6 Å². The fourth-order valence-corrected chi connectivity index (χ4v) is 3.34. The molecule has 0 unspecified atom stereocenters. The Labute approximate surface area is 90.3 Å². The summed E-state index contributed by atoms with van der Waals surface area (Å²) < 4.78 is 0. The normalized spacial score (nSPS) is 48.4. The van der Waals surface area contributed by atoms with E-state index in [1.54, 1.807) is 0 Å². The molecule has 2 aliphatic carbocycles. The van der Waals surface area contributed by atoms with E-state index in [1.807, 2.05) is 19.9 Å². The van der Waals surface area contributed by atoms with Crippen molar-refractivity contribution in [3.05, 3.63) is 11.6 Å². The number of ketones is 1. The molecule has 0 amide bonds. The van der Waals surface area contributed by atoms with Crippen molar-refractivity contribution in [2.75, 3.05) is 0 Å². The zero-order valence-corrected chi connectivity index (χ0v) is 9.36. The van der Waals surface area contributed by atoms with Crippen molar-refractivity contribution in [2.24, 2.45) is 17.6 Å². The third-order valence-electron chi connectivity index (χ3n) is 3.93. The monoisotopic (exact) mass is 209 g/mol. The Kier molecular flexibility index (Phi) is 2.47. The number of carbonyl (C=O) groups is 1. The zero-order valence-electron chi connectivity index (χ0n) is 9.36. The average Bonchev–Trinajstić information content (AvgIpc) is 2.13. The van der Waals surface area contributed by atoms with Crippen LogP contribution in [0.2, 0.25) is 0 Å². The molecule has 0 aromatic rings. The number of nitrogens with two attached hydrogens (primary N) is 1. The summed E-state index contributed by atoms with van der Waals surface area (Å²) in [4.78, 5) is 11.6. The van der Waals surface area contributed by atoms with Crippen LogP contribution in [0, 0.1) is 11.8 Å². The second-order valence-electron chi connectivity index (χ2n) is 5.10. The summed E-state index contributed by atoms with van der Waals surface area (Å²) in [6, 6.07) is 0. The molecule has 0 heterocycles. The second-order valence-corrected chi connectivity index (χ2v) is 5.10. The van der Waals surface area contributed by atoms with Gasteiger partial charge in [-0.15, -0.1) is 0 Å². The van der Waals surface area contributed by atoms with Crippen LogP contribution < -0.4 is 5.73 Å². The third-order valence-corrected chi connectivity index (χ3v) is 3.93. The maximum Gasteiger partial charge on any atom is 0.135 e. The van der Waals surface area contributed by atoms with Gasteiger partial charge in [-0.3, -0.25) is 4.79 Å². The van der Waals surface area contributed by atoms with Crippen LogP contribution in [0.25, 0.3) is 0 Å². The first kappa shape index (κ1) is 10.8. The number of carbonyl (C=O) groups excluding carboxylic acids is 1. The van der Waals surface area contributed by atoms with Gasteiger partial charge >= 0.3 is 0 Å². The van der Waals surface area contributed by atoms with Crippen LogP contribution in [-0.2, 0) is 4.79 Å². The van der Waals surface area contributed by atoms with Crippen LogP contribution in [0.3, 0.4) is 0 Å². The van der Waals surface area contributed by atoms with Gasteiger partial charge in [0, 0.05) is 24.3 Å². The summed E-state index contributed by atoms with van der Waals surface area (Å²) in [5.41, 5.74) is 6.91. The van der Waals surface area contributed by atoms with Crippen molar-refractivity contribution in [1.29, 1.82) is 0 Å². The topological polar surface area (TPSA) is 63.3 Å². The van der Waals surface area contributed by atoms with Crippen molar-refractivity contribution in [2.45, 2.75) is 44.8 Å². The van der Waals surface area contributed by atoms with E-state index in [1.165, 1.54) is 0 Å². The molecule has 15 heavy (non-hydrogen) atoms. The third kappa shape index (κ3) is 1.54. The van der Waals surface area contributed by atoms with Crippen LogP contribution in [0.15, 0.2) is 11.6 Å². The summed E-state index contributed by atoms with van der Waals surface area (Å²) >= 11 is 0. The summed E-state index contributed by atoms with van der Waals surface area (Å²) in [7, 11) is 0. The molecule has 0 aliphatic heterocycles. The van der Waals surface area contributed by atoms with Crippen LogP contribution in [0.1, 0.15) is 33.1 Å². The van der Waals surface area contributed by atoms with Gasteiger partial charge in [-0.05, 0) is 24.8 Å². The molecule has 0 aromatic heterocycles. The highest BCUT2D eigenvalue weighted by atomic mass is 16.3. The predicted octanol–water partition coefficient (Wildman–Crippen LogP) is 1.01. The molecular formula is C12H19NO2. The fourth-order valence-electron chi connectivity index (χ4n) is 3.34. The molecular weight excluding hydrogens is 190 g/mol. The van der Waals surface area contributed by atoms with Crippen LogP contribution >= 0.6 is 0 Å². The molecule has 0 spiro atoms. The first-order chi connectivity index (χ1) is 6.98. The molecule has 0 aromatic carbocycles. The second kappa shape index (κ2) is 3.42. The Bertz CT molecular complexity index is 324. The number of hydrogen-bond acceptors (Lipinski definition) is 3. The number of allylic oxidation sites excluding steroid dienone is 1. The predicted molar refractivity (Wildman–Crippen MR) is 58.2 cm³/mol. The van der Waals surface area contributed by atoms with E-state index >= 15 is 0 Å². The fraction of sp³-hybridized carbons (Fsp3) is 0.750. The minimum atomic E-state index is -0.479. The maximum atomic E-state index is 11.6. The average molecular weight is 209 g/mol. The molecule has 4 atom stereocenters. The van der Waals surface area contributed by atoms with Crippen LogP contribution in [-0.4, -0.2) is 22.5 Å². The van der Waals surface area contributed by atoms with Gasteiger partial charge in [-0.1, -0.05) is 13.0 Å². The maximum absolute atomic E-state index is 11.6. The molecule has 2 saturated carbocycles. The van der Waals surface area contributed by atoms with Crippen molar-refractivity contribution < 1.29 is 9.90 Å². The molecule has 2 bridgehead atoms. The lowest BCUT2D eigenvalue weighted by Crippen LogP contribution is -2.58. The SMILES string of the molecule is C/C=C1/[C@@H]2CC(=O)C[C@@]1(N)C[C@H](C)[C@@H]2O.